The summed E-state index contributed by atoms with van der Waals surface area (Å²) in [6, 6.07) is 0.272. The third-order valence-corrected chi connectivity index (χ3v) is 3.82. The minimum atomic E-state index is -0.529. The zero-order valence-corrected chi connectivity index (χ0v) is 13.7. The zero-order valence-electron chi connectivity index (χ0n) is 13.7. The van der Waals surface area contributed by atoms with Crippen LogP contribution < -0.4 is 10.6 Å². The average Bonchev–Trinajstić information content (AvgIpc) is 2.44. The molecule has 2 aliphatic heterocycles. The predicted molar refractivity (Wildman–Crippen MR) is 81.7 cm³/mol. The third-order valence-electron chi connectivity index (χ3n) is 3.82. The number of piperidine rings is 1. The third kappa shape index (κ3) is 5.05. The summed E-state index contributed by atoms with van der Waals surface area (Å²) in [5.41, 5.74) is -0.529. The molecular weight excluding hydrogens is 286 g/mol. The number of amides is 2. The molecule has 0 saturated carbocycles. The Kier molecular flexibility index (Phi) is 5.50. The van der Waals surface area contributed by atoms with E-state index < -0.39 is 11.7 Å². The number of nitrogens with one attached hydrogen (secondary N) is 2. The molecule has 0 bridgehead atoms. The van der Waals surface area contributed by atoms with E-state index in [9.17, 15) is 9.59 Å². The highest BCUT2D eigenvalue weighted by Gasteiger charge is 2.33. The van der Waals surface area contributed by atoms with Crippen molar-refractivity contribution in [2.75, 3.05) is 26.2 Å². The molecule has 0 aromatic rings. The fourth-order valence-electron chi connectivity index (χ4n) is 2.75. The first-order chi connectivity index (χ1) is 10.3. The lowest BCUT2D eigenvalue weighted by Gasteiger charge is -2.38. The molecule has 0 spiro atoms. The Morgan fingerprint density at radius 3 is 2.64 bits per heavy atom. The van der Waals surface area contributed by atoms with Crippen molar-refractivity contribution in [1.29, 1.82) is 0 Å². The van der Waals surface area contributed by atoms with Gasteiger partial charge in [-0.05, 0) is 46.7 Å². The van der Waals surface area contributed by atoms with E-state index in [0.29, 0.717) is 13.1 Å². The van der Waals surface area contributed by atoms with Gasteiger partial charge in [0.2, 0.25) is 0 Å². The van der Waals surface area contributed by atoms with Crippen LogP contribution in [0.2, 0.25) is 0 Å². The van der Waals surface area contributed by atoms with Gasteiger partial charge in [0.05, 0.1) is 6.54 Å². The number of alkyl carbamates (subject to hydrolysis) is 1. The second-order valence-electron chi connectivity index (χ2n) is 6.85. The molecule has 2 amide bonds. The van der Waals surface area contributed by atoms with Crippen molar-refractivity contribution in [2.24, 2.45) is 0 Å². The van der Waals surface area contributed by atoms with Crippen molar-refractivity contribution >= 4 is 12.2 Å². The minimum absolute atomic E-state index is 0.269. The van der Waals surface area contributed by atoms with E-state index in [4.69, 9.17) is 9.47 Å². The maximum atomic E-state index is 12.1. The van der Waals surface area contributed by atoms with Gasteiger partial charge in [0, 0.05) is 19.0 Å². The van der Waals surface area contributed by atoms with Crippen molar-refractivity contribution in [3.05, 3.63) is 0 Å². The molecule has 2 aliphatic rings. The summed E-state index contributed by atoms with van der Waals surface area (Å²) in [7, 11) is 0. The summed E-state index contributed by atoms with van der Waals surface area (Å²) >= 11 is 0. The highest BCUT2D eigenvalue weighted by molar-refractivity contribution is 5.70. The number of carbonyl (C=O) groups excluding carboxylic acids is 2. The summed E-state index contributed by atoms with van der Waals surface area (Å²) in [4.78, 5) is 25.5. The van der Waals surface area contributed by atoms with Crippen LogP contribution in [0.5, 0.6) is 0 Å². The van der Waals surface area contributed by atoms with Crippen LogP contribution in [-0.2, 0) is 9.47 Å². The standard InChI is InChI=1S/C15H27N3O4/c1-15(2,3)22-13(19)17-10-12-6-9-18(14(20)21-12)11-4-7-16-8-5-11/h11-12,16H,4-10H2,1-3H3,(H,17,19). The van der Waals surface area contributed by atoms with Crippen molar-refractivity contribution in [1.82, 2.24) is 15.5 Å². The molecule has 0 aromatic carbocycles. The van der Waals surface area contributed by atoms with Gasteiger partial charge in [0.1, 0.15) is 11.7 Å². The van der Waals surface area contributed by atoms with Gasteiger partial charge in [0.25, 0.3) is 0 Å². The maximum absolute atomic E-state index is 12.1. The van der Waals surface area contributed by atoms with E-state index in [2.05, 4.69) is 10.6 Å². The average molecular weight is 313 g/mol. The Balaban J connectivity index is 1.73. The van der Waals surface area contributed by atoms with Crippen LogP contribution in [0, 0.1) is 0 Å². The van der Waals surface area contributed by atoms with Gasteiger partial charge < -0.3 is 25.0 Å². The smallest absolute Gasteiger partial charge is 0.410 e. The Labute approximate surface area is 131 Å². The molecule has 0 radical (unpaired) electrons. The van der Waals surface area contributed by atoms with E-state index >= 15 is 0 Å². The first-order valence-electron chi connectivity index (χ1n) is 8.00. The highest BCUT2D eigenvalue weighted by atomic mass is 16.6. The van der Waals surface area contributed by atoms with E-state index in [1.54, 1.807) is 0 Å². The fourth-order valence-corrected chi connectivity index (χ4v) is 2.75. The molecule has 0 aromatic heterocycles. The molecule has 7 heteroatoms. The number of hydrogen-bond donors (Lipinski definition) is 2. The highest BCUT2D eigenvalue weighted by Crippen LogP contribution is 2.19. The van der Waals surface area contributed by atoms with Gasteiger partial charge in [-0.2, -0.15) is 0 Å². The van der Waals surface area contributed by atoms with Gasteiger partial charge in [-0.15, -0.1) is 0 Å². The number of hydrogen-bond acceptors (Lipinski definition) is 5. The van der Waals surface area contributed by atoms with Crippen LogP contribution in [0.3, 0.4) is 0 Å². The molecule has 2 rings (SSSR count). The van der Waals surface area contributed by atoms with Gasteiger partial charge in [0.15, 0.2) is 0 Å². The lowest BCUT2D eigenvalue weighted by molar-refractivity contribution is 0.00399. The second kappa shape index (κ2) is 7.17. The van der Waals surface area contributed by atoms with Crippen molar-refractivity contribution in [3.63, 3.8) is 0 Å². The van der Waals surface area contributed by atoms with Crippen LogP contribution in [0.25, 0.3) is 0 Å². The molecular formula is C15H27N3O4. The topological polar surface area (TPSA) is 79.9 Å². The predicted octanol–water partition coefficient (Wildman–Crippen LogP) is 1.47. The van der Waals surface area contributed by atoms with Gasteiger partial charge in [-0.25, -0.2) is 9.59 Å². The summed E-state index contributed by atoms with van der Waals surface area (Å²) in [6.45, 7) is 8.29. The zero-order chi connectivity index (χ0) is 16.2. The monoisotopic (exact) mass is 313 g/mol. The molecule has 0 aliphatic carbocycles. The Morgan fingerprint density at radius 1 is 1.36 bits per heavy atom. The van der Waals surface area contributed by atoms with Gasteiger partial charge in [-0.3, -0.25) is 0 Å². The lowest BCUT2D eigenvalue weighted by Crippen LogP contribution is -2.52. The molecule has 1 atom stereocenters. The van der Waals surface area contributed by atoms with Gasteiger partial charge >= 0.3 is 12.2 Å². The van der Waals surface area contributed by atoms with Crippen molar-refractivity contribution < 1.29 is 19.1 Å². The van der Waals surface area contributed by atoms with Crippen LogP contribution in [-0.4, -0.2) is 61.0 Å². The molecule has 2 N–H and O–H groups in total. The lowest BCUT2D eigenvalue weighted by atomic mass is 10.0. The van der Waals surface area contributed by atoms with Crippen LogP contribution >= 0.6 is 0 Å². The van der Waals surface area contributed by atoms with Crippen LogP contribution in [0.15, 0.2) is 0 Å². The number of rotatable bonds is 3. The molecule has 22 heavy (non-hydrogen) atoms. The molecule has 2 fully saturated rings. The number of nitrogens with zero attached hydrogens (tertiary/aromatic N) is 1. The first-order valence-corrected chi connectivity index (χ1v) is 8.00. The SMILES string of the molecule is CC(C)(C)OC(=O)NCC1CCN(C2CCNCC2)C(=O)O1. The summed E-state index contributed by atoms with van der Waals surface area (Å²) in [6.07, 6.45) is 1.63. The Morgan fingerprint density at radius 2 is 2.05 bits per heavy atom. The minimum Gasteiger partial charge on any atom is -0.444 e. The quantitative estimate of drug-likeness (QED) is 0.825. The second-order valence-corrected chi connectivity index (χ2v) is 6.85. The molecule has 126 valence electrons. The molecule has 2 saturated heterocycles. The number of ether oxygens (including phenoxy) is 2. The van der Waals surface area contributed by atoms with Crippen molar-refractivity contribution in [3.8, 4) is 0 Å². The molecule has 1 unspecified atom stereocenters. The largest absolute Gasteiger partial charge is 0.444 e. The van der Waals surface area contributed by atoms with Crippen LogP contribution in [0.4, 0.5) is 9.59 Å². The number of carbonyl (C=O) groups is 2. The van der Waals surface area contributed by atoms with Crippen LogP contribution in [0.1, 0.15) is 40.0 Å². The Hall–Kier alpha value is -1.50. The summed E-state index contributed by atoms with van der Waals surface area (Å²) < 4.78 is 10.6. The van der Waals surface area contributed by atoms with E-state index in [1.807, 2.05) is 25.7 Å². The summed E-state index contributed by atoms with van der Waals surface area (Å²) in [5, 5.41) is 5.95. The number of cyclic esters (lactones) is 1. The molecule has 2 heterocycles. The van der Waals surface area contributed by atoms with E-state index in [0.717, 1.165) is 32.4 Å². The Bertz CT molecular complexity index is 402. The van der Waals surface area contributed by atoms with E-state index in [-0.39, 0.29) is 18.2 Å². The fraction of sp³-hybridized carbons (Fsp3) is 0.867. The maximum Gasteiger partial charge on any atom is 0.410 e. The van der Waals surface area contributed by atoms with Gasteiger partial charge in [-0.1, -0.05) is 0 Å². The molecule has 7 nitrogen and oxygen atoms in total. The summed E-state index contributed by atoms with van der Waals surface area (Å²) in [5.74, 6) is 0. The normalized spacial score (nSPS) is 23.9. The van der Waals surface area contributed by atoms with Crippen molar-refractivity contribution in [2.45, 2.75) is 57.8 Å². The first kappa shape index (κ1) is 16.9. The van der Waals surface area contributed by atoms with E-state index in [1.165, 1.54) is 0 Å².